The zero-order chi connectivity index (χ0) is 12.7. The summed E-state index contributed by atoms with van der Waals surface area (Å²) in [5.41, 5.74) is 1.43. The van der Waals surface area contributed by atoms with E-state index in [0.717, 1.165) is 12.8 Å². The average Bonchev–Trinajstić information content (AvgIpc) is 2.30. The summed E-state index contributed by atoms with van der Waals surface area (Å²) in [6.07, 6.45) is 6.81. The molecule has 92 valence electrons. The van der Waals surface area contributed by atoms with Gasteiger partial charge in [0, 0.05) is 0 Å². The van der Waals surface area contributed by atoms with Gasteiger partial charge in [0.05, 0.1) is 8.07 Å². The predicted octanol–water partition coefficient (Wildman–Crippen LogP) is 5.00. The third-order valence-corrected chi connectivity index (χ3v) is 7.10. The Kier molecular flexibility index (Phi) is 5.43. The standard InChI is InChI=1S/C16H24Si/c1-5-14-17(3,4)15(2)10-9-13-16-11-7-6-8-12-16/h5-8,10-12H,1,9,13-14H2,2-4H3/b15-10-. The molecule has 1 rings (SSSR count). The Balaban J connectivity index is 2.51. The van der Waals surface area contributed by atoms with Crippen LogP contribution in [0.2, 0.25) is 19.1 Å². The zero-order valence-corrected chi connectivity index (χ0v) is 12.4. The van der Waals surface area contributed by atoms with Crippen LogP contribution in [0.5, 0.6) is 0 Å². The fourth-order valence-corrected chi connectivity index (χ4v) is 3.64. The summed E-state index contributed by atoms with van der Waals surface area (Å²) in [5, 5.41) is 1.60. The minimum atomic E-state index is -1.20. The summed E-state index contributed by atoms with van der Waals surface area (Å²) in [6, 6.07) is 11.9. The van der Waals surface area contributed by atoms with Crippen molar-refractivity contribution in [3.8, 4) is 0 Å². The molecule has 0 aliphatic carbocycles. The van der Waals surface area contributed by atoms with Crippen molar-refractivity contribution in [2.75, 3.05) is 0 Å². The lowest BCUT2D eigenvalue weighted by atomic mass is 10.1. The fraction of sp³-hybridized carbons (Fsp3) is 0.375. The topological polar surface area (TPSA) is 0 Å². The molecule has 0 atom stereocenters. The molecule has 17 heavy (non-hydrogen) atoms. The normalized spacial score (nSPS) is 12.5. The first-order chi connectivity index (χ1) is 8.06. The summed E-state index contributed by atoms with van der Waals surface area (Å²) < 4.78 is 0. The monoisotopic (exact) mass is 244 g/mol. The number of hydrogen-bond acceptors (Lipinski definition) is 0. The van der Waals surface area contributed by atoms with Crippen LogP contribution in [0.3, 0.4) is 0 Å². The summed E-state index contributed by atoms with van der Waals surface area (Å²) in [6.45, 7) is 11.0. The van der Waals surface area contributed by atoms with Gasteiger partial charge < -0.3 is 0 Å². The van der Waals surface area contributed by atoms with Gasteiger partial charge in [0.25, 0.3) is 0 Å². The van der Waals surface area contributed by atoms with Crippen LogP contribution in [-0.4, -0.2) is 8.07 Å². The molecule has 0 aromatic heterocycles. The van der Waals surface area contributed by atoms with E-state index >= 15 is 0 Å². The number of benzene rings is 1. The maximum atomic E-state index is 3.86. The van der Waals surface area contributed by atoms with Crippen LogP contribution in [0.1, 0.15) is 18.9 Å². The highest BCUT2D eigenvalue weighted by atomic mass is 28.3. The molecule has 0 heterocycles. The molecule has 1 aromatic carbocycles. The van der Waals surface area contributed by atoms with Crippen LogP contribution in [0.25, 0.3) is 0 Å². The molecule has 1 heteroatoms. The molecule has 0 N–H and O–H groups in total. The first-order valence-corrected chi connectivity index (χ1v) is 9.59. The molecule has 0 fully saturated rings. The molecule has 1 aromatic rings. The summed E-state index contributed by atoms with van der Waals surface area (Å²) in [4.78, 5) is 0. The van der Waals surface area contributed by atoms with Crippen molar-refractivity contribution in [2.24, 2.45) is 0 Å². The van der Waals surface area contributed by atoms with E-state index in [-0.39, 0.29) is 0 Å². The Hall–Kier alpha value is -1.08. The van der Waals surface area contributed by atoms with Crippen molar-refractivity contribution in [3.05, 3.63) is 59.8 Å². The van der Waals surface area contributed by atoms with E-state index in [1.54, 1.807) is 5.20 Å². The third-order valence-electron chi connectivity index (χ3n) is 3.45. The molecule has 0 amide bonds. The molecule has 0 unspecified atom stereocenters. The van der Waals surface area contributed by atoms with Crippen molar-refractivity contribution in [1.82, 2.24) is 0 Å². The Morgan fingerprint density at radius 2 is 1.88 bits per heavy atom. The maximum Gasteiger partial charge on any atom is 0.0783 e. The van der Waals surface area contributed by atoms with Crippen LogP contribution in [0.15, 0.2) is 54.3 Å². The van der Waals surface area contributed by atoms with Crippen LogP contribution in [0.4, 0.5) is 0 Å². The second kappa shape index (κ2) is 6.60. The molecule has 0 aliphatic heterocycles. The number of allylic oxidation sites excluding steroid dienone is 3. The van der Waals surface area contributed by atoms with E-state index in [4.69, 9.17) is 0 Å². The molecule has 0 aliphatic rings. The second-order valence-electron chi connectivity index (χ2n) is 5.29. The van der Waals surface area contributed by atoms with E-state index in [0.29, 0.717) is 0 Å². The molecule has 0 nitrogen and oxygen atoms in total. The zero-order valence-electron chi connectivity index (χ0n) is 11.4. The summed E-state index contributed by atoms with van der Waals surface area (Å²) in [7, 11) is -1.20. The molecule has 0 saturated heterocycles. The Morgan fingerprint density at radius 1 is 1.24 bits per heavy atom. The largest absolute Gasteiger partial charge is 0.103 e. The highest BCUT2D eigenvalue weighted by molar-refractivity contribution is 6.84. The van der Waals surface area contributed by atoms with E-state index in [1.807, 2.05) is 0 Å². The predicted molar refractivity (Wildman–Crippen MR) is 81.0 cm³/mol. The van der Waals surface area contributed by atoms with E-state index in [1.165, 1.54) is 11.6 Å². The van der Waals surface area contributed by atoms with E-state index < -0.39 is 8.07 Å². The quantitative estimate of drug-likeness (QED) is 0.488. The number of hydrogen-bond donors (Lipinski definition) is 0. The molecular weight excluding hydrogens is 220 g/mol. The second-order valence-corrected chi connectivity index (χ2v) is 10.3. The van der Waals surface area contributed by atoms with Crippen molar-refractivity contribution in [2.45, 2.75) is 38.9 Å². The van der Waals surface area contributed by atoms with Crippen molar-refractivity contribution in [1.29, 1.82) is 0 Å². The van der Waals surface area contributed by atoms with Gasteiger partial charge in [-0.05, 0) is 31.4 Å². The molecule has 0 radical (unpaired) electrons. The molecule has 0 bridgehead atoms. The van der Waals surface area contributed by atoms with Crippen molar-refractivity contribution in [3.63, 3.8) is 0 Å². The van der Waals surface area contributed by atoms with E-state index in [9.17, 15) is 0 Å². The third kappa shape index (κ3) is 4.74. The highest BCUT2D eigenvalue weighted by Crippen LogP contribution is 2.20. The smallest absolute Gasteiger partial charge is 0.0783 e. The van der Waals surface area contributed by atoms with Crippen LogP contribution in [-0.2, 0) is 6.42 Å². The lowest BCUT2D eigenvalue weighted by molar-refractivity contribution is 0.995. The van der Waals surface area contributed by atoms with Gasteiger partial charge in [-0.15, -0.1) is 6.58 Å². The Bertz CT molecular complexity index is 374. The lowest BCUT2D eigenvalue weighted by Crippen LogP contribution is -2.26. The molecule has 0 spiro atoms. The van der Waals surface area contributed by atoms with Crippen LogP contribution < -0.4 is 0 Å². The van der Waals surface area contributed by atoms with Gasteiger partial charge in [0.15, 0.2) is 0 Å². The summed E-state index contributed by atoms with van der Waals surface area (Å²) >= 11 is 0. The number of aryl methyl sites for hydroxylation is 1. The van der Waals surface area contributed by atoms with Gasteiger partial charge in [-0.25, -0.2) is 0 Å². The van der Waals surface area contributed by atoms with Gasteiger partial charge in [0.2, 0.25) is 0 Å². The van der Waals surface area contributed by atoms with Crippen molar-refractivity contribution < 1.29 is 0 Å². The van der Waals surface area contributed by atoms with Gasteiger partial charge in [0.1, 0.15) is 0 Å². The lowest BCUT2D eigenvalue weighted by Gasteiger charge is -2.21. The van der Waals surface area contributed by atoms with Gasteiger partial charge >= 0.3 is 0 Å². The van der Waals surface area contributed by atoms with Crippen LogP contribution in [0, 0.1) is 0 Å². The molecule has 0 saturated carbocycles. The Morgan fingerprint density at radius 3 is 2.47 bits per heavy atom. The summed E-state index contributed by atoms with van der Waals surface area (Å²) in [5.74, 6) is 0. The van der Waals surface area contributed by atoms with Crippen LogP contribution >= 0.6 is 0 Å². The minimum Gasteiger partial charge on any atom is -0.103 e. The van der Waals surface area contributed by atoms with Gasteiger partial charge in [-0.2, -0.15) is 0 Å². The first kappa shape index (κ1) is 14.0. The van der Waals surface area contributed by atoms with E-state index in [2.05, 4.69) is 69.1 Å². The van der Waals surface area contributed by atoms with Crippen molar-refractivity contribution >= 4 is 8.07 Å². The number of rotatable bonds is 6. The SMILES string of the molecule is C=CC[Si](C)(C)/C(C)=C\CCc1ccccc1. The highest BCUT2D eigenvalue weighted by Gasteiger charge is 2.20. The first-order valence-electron chi connectivity index (χ1n) is 6.38. The van der Waals surface area contributed by atoms with Gasteiger partial charge in [-0.3, -0.25) is 0 Å². The van der Waals surface area contributed by atoms with Gasteiger partial charge in [-0.1, -0.05) is 60.8 Å². The Labute approximate surface area is 107 Å². The molecular formula is C16H24Si. The average molecular weight is 244 g/mol. The maximum absolute atomic E-state index is 3.86. The minimum absolute atomic E-state index is 1.15. The fourth-order valence-electron chi connectivity index (χ4n) is 1.90.